The van der Waals surface area contributed by atoms with E-state index in [4.69, 9.17) is 4.74 Å². The number of ether oxygens (including phenoxy) is 1. The minimum atomic E-state index is -0.753. The van der Waals surface area contributed by atoms with Gasteiger partial charge in [-0.3, -0.25) is 0 Å². The third-order valence-electron chi connectivity index (χ3n) is 2.85. The van der Waals surface area contributed by atoms with E-state index in [0.29, 0.717) is 5.75 Å². The van der Waals surface area contributed by atoms with Crippen LogP contribution in [0.2, 0.25) is 0 Å². The van der Waals surface area contributed by atoms with Gasteiger partial charge in [-0.1, -0.05) is 6.07 Å². The molecule has 0 heterocycles. The molecule has 0 atom stereocenters. The molecule has 0 unspecified atom stereocenters. The molecule has 6 heteroatoms. The molecule has 0 aliphatic heterocycles. The molecule has 0 aliphatic rings. The van der Waals surface area contributed by atoms with Gasteiger partial charge in [0.2, 0.25) is 0 Å². The van der Waals surface area contributed by atoms with Crippen LogP contribution < -0.4 is 9.64 Å². The fourth-order valence-electron chi connectivity index (χ4n) is 1.71. The molecular weight excluding hydrogens is 274 g/mol. The first-order chi connectivity index (χ1) is 9.88. The Hall–Kier alpha value is -2.89. The summed E-state index contributed by atoms with van der Waals surface area (Å²) in [6.07, 6.45) is 0. The summed E-state index contributed by atoms with van der Waals surface area (Å²) in [5.74, 6) is -2.29. The van der Waals surface area contributed by atoms with E-state index < -0.39 is 23.2 Å². The maximum Gasteiger partial charge on any atom is 0.343 e. The molecule has 3 N–H and O–H groups in total. The van der Waals surface area contributed by atoms with Crippen LogP contribution in [0.5, 0.6) is 23.0 Å². The van der Waals surface area contributed by atoms with Crippen molar-refractivity contribution < 1.29 is 24.9 Å². The molecule has 2 aromatic carbocycles. The predicted molar refractivity (Wildman–Crippen MR) is 77.2 cm³/mol. The minimum absolute atomic E-state index is 0.0712. The standard InChI is InChI=1S/C15H15NO5/c1-16(2)10-4-3-5-11(8-10)21-15(20)9-6-12(17)14(19)13(18)7-9/h3-8,17-19H,1-2H3. The number of phenolic OH excluding ortho intramolecular Hbond substituents is 3. The number of phenols is 3. The Morgan fingerprint density at radius 1 is 1.05 bits per heavy atom. The van der Waals surface area contributed by atoms with Gasteiger partial charge in [0, 0.05) is 25.8 Å². The highest BCUT2D eigenvalue weighted by atomic mass is 16.5. The summed E-state index contributed by atoms with van der Waals surface area (Å²) in [6, 6.07) is 8.93. The molecule has 0 radical (unpaired) electrons. The second kappa shape index (κ2) is 5.62. The fourth-order valence-corrected chi connectivity index (χ4v) is 1.71. The zero-order valence-corrected chi connectivity index (χ0v) is 11.6. The average Bonchev–Trinajstić information content (AvgIpc) is 2.44. The van der Waals surface area contributed by atoms with Crippen molar-refractivity contribution in [1.29, 1.82) is 0 Å². The maximum atomic E-state index is 12.0. The molecule has 6 nitrogen and oxygen atoms in total. The Bertz CT molecular complexity index is 659. The summed E-state index contributed by atoms with van der Waals surface area (Å²) in [5, 5.41) is 28.0. The van der Waals surface area contributed by atoms with Crippen LogP contribution in [0.25, 0.3) is 0 Å². The summed E-state index contributed by atoms with van der Waals surface area (Å²) in [6.45, 7) is 0. The highest BCUT2D eigenvalue weighted by Crippen LogP contribution is 2.35. The monoisotopic (exact) mass is 289 g/mol. The van der Waals surface area contributed by atoms with E-state index >= 15 is 0 Å². The molecular formula is C15H15NO5. The Kier molecular flexibility index (Phi) is 3.89. The van der Waals surface area contributed by atoms with Gasteiger partial charge >= 0.3 is 5.97 Å². The lowest BCUT2D eigenvalue weighted by molar-refractivity contribution is 0.0734. The van der Waals surface area contributed by atoms with Gasteiger partial charge in [-0.15, -0.1) is 0 Å². The number of hydrogen-bond acceptors (Lipinski definition) is 6. The highest BCUT2D eigenvalue weighted by Gasteiger charge is 2.15. The van der Waals surface area contributed by atoms with Gasteiger partial charge in [0.1, 0.15) is 5.75 Å². The molecule has 21 heavy (non-hydrogen) atoms. The second-order valence-corrected chi connectivity index (χ2v) is 4.64. The van der Waals surface area contributed by atoms with E-state index in [9.17, 15) is 20.1 Å². The molecule has 0 aromatic heterocycles. The van der Waals surface area contributed by atoms with Gasteiger partial charge < -0.3 is 25.0 Å². The van der Waals surface area contributed by atoms with Crippen LogP contribution in [0.15, 0.2) is 36.4 Å². The van der Waals surface area contributed by atoms with Gasteiger partial charge in [-0.2, -0.15) is 0 Å². The van der Waals surface area contributed by atoms with Crippen LogP contribution in [0.1, 0.15) is 10.4 Å². The summed E-state index contributed by atoms with van der Waals surface area (Å²) in [5.41, 5.74) is 0.787. The molecule has 0 aliphatic carbocycles. The van der Waals surface area contributed by atoms with Crippen LogP contribution in [-0.2, 0) is 0 Å². The Balaban J connectivity index is 2.24. The maximum absolute atomic E-state index is 12.0. The Morgan fingerprint density at radius 3 is 2.24 bits per heavy atom. The topological polar surface area (TPSA) is 90.2 Å². The minimum Gasteiger partial charge on any atom is -0.504 e. The lowest BCUT2D eigenvalue weighted by Crippen LogP contribution is -2.11. The van der Waals surface area contributed by atoms with E-state index in [2.05, 4.69) is 0 Å². The van der Waals surface area contributed by atoms with E-state index in [0.717, 1.165) is 17.8 Å². The highest BCUT2D eigenvalue weighted by molar-refractivity contribution is 5.92. The van der Waals surface area contributed by atoms with E-state index in [1.54, 1.807) is 18.2 Å². The fraction of sp³-hybridized carbons (Fsp3) is 0.133. The third-order valence-corrected chi connectivity index (χ3v) is 2.85. The number of anilines is 1. The zero-order chi connectivity index (χ0) is 15.6. The van der Waals surface area contributed by atoms with Crippen LogP contribution in [0, 0.1) is 0 Å². The van der Waals surface area contributed by atoms with Crippen LogP contribution in [-0.4, -0.2) is 35.4 Å². The largest absolute Gasteiger partial charge is 0.504 e. The van der Waals surface area contributed by atoms with Crippen molar-refractivity contribution in [2.24, 2.45) is 0 Å². The summed E-state index contributed by atoms with van der Waals surface area (Å²) in [7, 11) is 3.72. The first-order valence-corrected chi connectivity index (χ1v) is 6.13. The number of hydrogen-bond donors (Lipinski definition) is 3. The van der Waals surface area contributed by atoms with Crippen molar-refractivity contribution in [3.8, 4) is 23.0 Å². The van der Waals surface area contributed by atoms with E-state index in [1.807, 2.05) is 25.1 Å². The van der Waals surface area contributed by atoms with Crippen LogP contribution in [0.3, 0.4) is 0 Å². The summed E-state index contributed by atoms with van der Waals surface area (Å²) < 4.78 is 5.17. The van der Waals surface area contributed by atoms with Gasteiger partial charge in [0.15, 0.2) is 17.2 Å². The SMILES string of the molecule is CN(C)c1cccc(OC(=O)c2cc(O)c(O)c(O)c2)c1. The quantitative estimate of drug-likeness (QED) is 0.455. The number of esters is 1. The Morgan fingerprint density at radius 2 is 1.67 bits per heavy atom. The number of carbonyl (C=O) groups excluding carboxylic acids is 1. The number of benzene rings is 2. The molecule has 2 aromatic rings. The third kappa shape index (κ3) is 3.17. The van der Waals surface area contributed by atoms with Crippen molar-refractivity contribution >= 4 is 11.7 Å². The lowest BCUT2D eigenvalue weighted by Gasteiger charge is -2.13. The van der Waals surface area contributed by atoms with E-state index in [-0.39, 0.29) is 5.56 Å². The summed E-state index contributed by atoms with van der Waals surface area (Å²) >= 11 is 0. The van der Waals surface area contributed by atoms with Gasteiger partial charge in [-0.25, -0.2) is 4.79 Å². The van der Waals surface area contributed by atoms with Gasteiger partial charge in [0.05, 0.1) is 5.56 Å². The first kappa shape index (κ1) is 14.5. The molecule has 0 saturated heterocycles. The molecule has 0 fully saturated rings. The molecule has 0 amide bonds. The summed E-state index contributed by atoms with van der Waals surface area (Å²) in [4.78, 5) is 13.8. The normalized spacial score (nSPS) is 10.2. The molecule has 0 spiro atoms. The van der Waals surface area contributed by atoms with E-state index in [1.165, 1.54) is 0 Å². The molecule has 110 valence electrons. The molecule has 0 bridgehead atoms. The van der Waals surface area contributed by atoms with Crippen molar-refractivity contribution in [3.63, 3.8) is 0 Å². The van der Waals surface area contributed by atoms with Crippen molar-refractivity contribution in [1.82, 2.24) is 0 Å². The number of nitrogens with zero attached hydrogens (tertiary/aromatic N) is 1. The van der Waals surface area contributed by atoms with Crippen molar-refractivity contribution in [2.45, 2.75) is 0 Å². The molecule has 2 rings (SSSR count). The number of aromatic hydroxyl groups is 3. The van der Waals surface area contributed by atoms with Crippen molar-refractivity contribution in [3.05, 3.63) is 42.0 Å². The number of rotatable bonds is 3. The lowest BCUT2D eigenvalue weighted by atomic mass is 10.2. The zero-order valence-electron chi connectivity index (χ0n) is 11.6. The van der Waals surface area contributed by atoms with Gasteiger partial charge in [0.25, 0.3) is 0 Å². The van der Waals surface area contributed by atoms with Gasteiger partial charge in [-0.05, 0) is 24.3 Å². The van der Waals surface area contributed by atoms with Crippen molar-refractivity contribution in [2.75, 3.05) is 19.0 Å². The smallest absolute Gasteiger partial charge is 0.343 e. The average molecular weight is 289 g/mol. The molecule has 0 saturated carbocycles. The van der Waals surface area contributed by atoms with Crippen LogP contribution >= 0.6 is 0 Å². The predicted octanol–water partition coefficient (Wildman–Crippen LogP) is 2.09. The first-order valence-electron chi connectivity index (χ1n) is 6.13. The second-order valence-electron chi connectivity index (χ2n) is 4.64. The van der Waals surface area contributed by atoms with Crippen LogP contribution in [0.4, 0.5) is 5.69 Å². The number of carbonyl (C=O) groups is 1. The Labute approximate surface area is 121 Å².